The van der Waals surface area contributed by atoms with Crippen LogP contribution in [0, 0.1) is 6.92 Å². The number of rotatable bonds is 5. The number of aryl methyl sites for hydroxylation is 1. The summed E-state index contributed by atoms with van der Waals surface area (Å²) in [4.78, 5) is 26.1. The summed E-state index contributed by atoms with van der Waals surface area (Å²) in [6, 6.07) is 13.5. The molecule has 12 heteroatoms. The van der Waals surface area contributed by atoms with Gasteiger partial charge in [-0.25, -0.2) is 14.2 Å². The molecule has 1 aliphatic heterocycles. The molecule has 1 aliphatic rings. The molecule has 3 heterocycles. The minimum absolute atomic E-state index is 0.0451. The van der Waals surface area contributed by atoms with Gasteiger partial charge in [-0.15, -0.1) is 13.2 Å². The third-order valence-corrected chi connectivity index (χ3v) is 5.49. The predicted octanol–water partition coefficient (Wildman–Crippen LogP) is 4.25. The van der Waals surface area contributed by atoms with Crippen molar-refractivity contribution in [3.8, 4) is 28.5 Å². The van der Waals surface area contributed by atoms with Gasteiger partial charge in [-0.1, -0.05) is 6.07 Å². The molecule has 2 aromatic carbocycles. The molecule has 0 aliphatic carbocycles. The first-order valence-electron chi connectivity index (χ1n) is 10.8. The Bertz CT molecular complexity index is 1510. The molecule has 4 aromatic rings. The van der Waals surface area contributed by atoms with Crippen LogP contribution >= 0.6 is 0 Å². The van der Waals surface area contributed by atoms with Gasteiger partial charge in [-0.2, -0.15) is 10.2 Å². The van der Waals surface area contributed by atoms with E-state index in [2.05, 4.69) is 14.9 Å². The van der Waals surface area contributed by atoms with E-state index < -0.39 is 23.6 Å². The van der Waals surface area contributed by atoms with Gasteiger partial charge < -0.3 is 9.47 Å². The number of alkyl halides is 3. The SMILES string of the molecule is Cc1cc(N2CCOC2=O)ccc1-n1ccc(=O)c(-c2ccnn2-c2cccc(OC(F)(F)F)c2)n1. The second kappa shape index (κ2) is 8.87. The van der Waals surface area contributed by atoms with Crippen LogP contribution in [0.3, 0.4) is 0 Å². The van der Waals surface area contributed by atoms with Crippen LogP contribution in [-0.2, 0) is 4.74 Å². The summed E-state index contributed by atoms with van der Waals surface area (Å²) in [5.41, 5.74) is 2.32. The number of amides is 1. The molecule has 184 valence electrons. The van der Waals surface area contributed by atoms with Gasteiger partial charge in [-0.05, 0) is 48.9 Å². The van der Waals surface area contributed by atoms with Crippen LogP contribution < -0.4 is 15.1 Å². The summed E-state index contributed by atoms with van der Waals surface area (Å²) >= 11 is 0. The molecule has 0 saturated carbocycles. The number of nitrogens with zero attached hydrogens (tertiary/aromatic N) is 5. The zero-order valence-corrected chi connectivity index (χ0v) is 18.8. The number of aromatic nitrogens is 4. The average molecular weight is 497 g/mol. The largest absolute Gasteiger partial charge is 0.573 e. The second-order valence-corrected chi connectivity index (χ2v) is 7.88. The smallest absolute Gasteiger partial charge is 0.447 e. The summed E-state index contributed by atoms with van der Waals surface area (Å²) < 4.78 is 49.8. The van der Waals surface area contributed by atoms with Crippen LogP contribution in [0.5, 0.6) is 5.75 Å². The molecular weight excluding hydrogens is 479 g/mol. The second-order valence-electron chi connectivity index (χ2n) is 7.88. The van der Waals surface area contributed by atoms with E-state index in [1.54, 1.807) is 18.2 Å². The lowest BCUT2D eigenvalue weighted by atomic mass is 10.1. The van der Waals surface area contributed by atoms with Crippen molar-refractivity contribution in [2.24, 2.45) is 0 Å². The highest BCUT2D eigenvalue weighted by Gasteiger charge is 2.31. The third-order valence-electron chi connectivity index (χ3n) is 5.49. The van der Waals surface area contributed by atoms with Crippen molar-refractivity contribution < 1.29 is 27.4 Å². The van der Waals surface area contributed by atoms with E-state index in [9.17, 15) is 22.8 Å². The lowest BCUT2D eigenvalue weighted by molar-refractivity contribution is -0.274. The lowest BCUT2D eigenvalue weighted by Crippen LogP contribution is -2.23. The summed E-state index contributed by atoms with van der Waals surface area (Å²) in [6.45, 7) is 2.62. The summed E-state index contributed by atoms with van der Waals surface area (Å²) in [5, 5.41) is 8.65. The molecule has 1 fully saturated rings. The highest BCUT2D eigenvalue weighted by atomic mass is 19.4. The molecular formula is C24H18F3N5O4. The Morgan fingerprint density at radius 2 is 1.86 bits per heavy atom. The predicted molar refractivity (Wildman–Crippen MR) is 123 cm³/mol. The first-order chi connectivity index (χ1) is 17.2. The van der Waals surface area contributed by atoms with Gasteiger partial charge in [0, 0.05) is 24.0 Å². The standard InChI is InChI=1S/C24H18F3N5O4/c1-15-13-16(30-11-12-35-23(30)34)5-6-19(15)31-10-8-21(33)22(29-31)20-7-9-28-32(20)17-3-2-4-18(14-17)36-24(25,26)27/h2-10,13-14H,11-12H2,1H3. The molecule has 0 bridgehead atoms. The summed E-state index contributed by atoms with van der Waals surface area (Å²) in [5.74, 6) is -0.419. The highest BCUT2D eigenvalue weighted by Crippen LogP contribution is 2.27. The highest BCUT2D eigenvalue weighted by molar-refractivity contribution is 5.89. The molecule has 0 atom stereocenters. The molecule has 9 nitrogen and oxygen atoms in total. The molecule has 1 saturated heterocycles. The van der Waals surface area contributed by atoms with Crippen LogP contribution in [0.4, 0.5) is 23.7 Å². The normalized spacial score (nSPS) is 13.7. The van der Waals surface area contributed by atoms with Crippen molar-refractivity contribution in [2.45, 2.75) is 13.3 Å². The fourth-order valence-electron chi connectivity index (χ4n) is 3.91. The molecule has 0 spiro atoms. The maximum absolute atomic E-state index is 12.7. The number of hydrogen-bond acceptors (Lipinski definition) is 6. The third kappa shape index (κ3) is 4.52. The van der Waals surface area contributed by atoms with Gasteiger partial charge in [0.1, 0.15) is 12.4 Å². The Morgan fingerprint density at radius 1 is 1.03 bits per heavy atom. The monoisotopic (exact) mass is 497 g/mol. The van der Waals surface area contributed by atoms with Crippen LogP contribution in [-0.4, -0.2) is 45.2 Å². The van der Waals surface area contributed by atoms with Crippen LogP contribution in [0.2, 0.25) is 0 Å². The first kappa shape index (κ1) is 23.1. The number of ether oxygens (including phenoxy) is 2. The van der Waals surface area contributed by atoms with E-state index in [1.165, 1.54) is 50.9 Å². The van der Waals surface area contributed by atoms with Crippen molar-refractivity contribution in [2.75, 3.05) is 18.1 Å². The zero-order valence-electron chi connectivity index (χ0n) is 18.8. The van der Waals surface area contributed by atoms with Gasteiger partial charge >= 0.3 is 12.5 Å². The number of halogens is 3. The fraction of sp³-hybridized carbons (Fsp3) is 0.167. The minimum Gasteiger partial charge on any atom is -0.447 e. The number of carbonyl (C=O) groups excluding carboxylic acids is 1. The Hall–Kier alpha value is -4.61. The number of hydrogen-bond donors (Lipinski definition) is 0. The molecule has 1 amide bonds. The molecule has 36 heavy (non-hydrogen) atoms. The molecule has 5 rings (SSSR count). The van der Waals surface area contributed by atoms with E-state index in [0.717, 1.165) is 11.6 Å². The van der Waals surface area contributed by atoms with Crippen molar-refractivity contribution in [1.29, 1.82) is 0 Å². The topological polar surface area (TPSA) is 91.5 Å². The molecule has 0 N–H and O–H groups in total. The van der Waals surface area contributed by atoms with Gasteiger partial charge in [0.2, 0.25) is 5.43 Å². The number of cyclic esters (lactones) is 1. The van der Waals surface area contributed by atoms with E-state index in [-0.39, 0.29) is 17.1 Å². The summed E-state index contributed by atoms with van der Waals surface area (Å²) in [7, 11) is 0. The Kier molecular flexibility index (Phi) is 5.71. The van der Waals surface area contributed by atoms with Crippen LogP contribution in [0.15, 0.2) is 71.8 Å². The van der Waals surface area contributed by atoms with Gasteiger partial charge in [0.15, 0.2) is 5.69 Å². The quantitative estimate of drug-likeness (QED) is 0.410. The van der Waals surface area contributed by atoms with Gasteiger partial charge in [0.05, 0.1) is 29.8 Å². The van der Waals surface area contributed by atoms with Crippen LogP contribution in [0.25, 0.3) is 22.8 Å². The molecule has 0 radical (unpaired) electrons. The van der Waals surface area contributed by atoms with E-state index in [0.29, 0.717) is 24.5 Å². The number of benzene rings is 2. The van der Waals surface area contributed by atoms with E-state index in [4.69, 9.17) is 4.74 Å². The summed E-state index contributed by atoms with van der Waals surface area (Å²) in [6.07, 6.45) is -2.33. The number of carbonyl (C=O) groups is 1. The maximum Gasteiger partial charge on any atom is 0.573 e. The van der Waals surface area contributed by atoms with Crippen molar-refractivity contribution in [3.05, 3.63) is 82.8 Å². The van der Waals surface area contributed by atoms with Crippen molar-refractivity contribution >= 4 is 11.8 Å². The zero-order chi connectivity index (χ0) is 25.4. The van der Waals surface area contributed by atoms with Gasteiger partial charge in [-0.3, -0.25) is 9.69 Å². The molecule has 2 aromatic heterocycles. The Balaban J connectivity index is 1.52. The lowest BCUT2D eigenvalue weighted by Gasteiger charge is -2.16. The van der Waals surface area contributed by atoms with E-state index in [1.807, 2.05) is 13.0 Å². The van der Waals surface area contributed by atoms with Gasteiger partial charge in [0.25, 0.3) is 0 Å². The van der Waals surface area contributed by atoms with E-state index >= 15 is 0 Å². The number of anilines is 1. The average Bonchev–Trinajstić information content (AvgIpc) is 3.48. The molecule has 0 unspecified atom stereocenters. The van der Waals surface area contributed by atoms with Crippen molar-refractivity contribution in [3.63, 3.8) is 0 Å². The minimum atomic E-state index is -4.84. The fourth-order valence-corrected chi connectivity index (χ4v) is 3.91. The maximum atomic E-state index is 12.7. The van der Waals surface area contributed by atoms with Crippen LogP contribution in [0.1, 0.15) is 5.56 Å². The Labute approximate surface area is 201 Å². The van der Waals surface area contributed by atoms with Crippen molar-refractivity contribution in [1.82, 2.24) is 19.6 Å². The first-order valence-corrected chi connectivity index (χ1v) is 10.8. The Morgan fingerprint density at radius 3 is 2.58 bits per heavy atom.